The molecule has 1 fully saturated rings. The first-order valence-electron chi connectivity index (χ1n) is 10.6. The van der Waals surface area contributed by atoms with E-state index >= 15 is 0 Å². The first-order chi connectivity index (χ1) is 15.3. The number of thiazole rings is 1. The minimum absolute atomic E-state index is 0.0577. The van der Waals surface area contributed by atoms with E-state index in [4.69, 9.17) is 4.74 Å². The van der Waals surface area contributed by atoms with E-state index in [0.717, 1.165) is 17.6 Å². The van der Waals surface area contributed by atoms with Crippen molar-refractivity contribution in [2.45, 2.75) is 48.2 Å². The summed E-state index contributed by atoms with van der Waals surface area (Å²) in [5, 5.41) is 0.0782. The Labute approximate surface area is 199 Å². The maximum Gasteiger partial charge on any atom is 0.257 e. The van der Waals surface area contributed by atoms with Crippen LogP contribution in [0.25, 0.3) is 0 Å². The normalized spacial score (nSPS) is 15.4. The van der Waals surface area contributed by atoms with E-state index in [1.807, 2.05) is 18.7 Å². The maximum atomic E-state index is 13.3. The molecule has 2 aromatic rings. The summed E-state index contributed by atoms with van der Waals surface area (Å²) in [6, 6.07) is 4.32. The molecule has 1 aliphatic rings. The molecule has 3 rings (SSSR count). The number of hydrogen-bond donors (Lipinski definition) is 0. The van der Waals surface area contributed by atoms with Crippen LogP contribution in [0.1, 0.15) is 38.1 Å². The van der Waals surface area contributed by atoms with Gasteiger partial charge in [-0.3, -0.25) is 4.79 Å². The highest BCUT2D eigenvalue weighted by atomic mass is 32.2. The Bertz CT molecular complexity index is 1230. The standard InChI is InChI=1S/C21H29N3O6S3/c1-14(2)30-18-7-6-16(32(5,26)27)12-17(18)20(25)23-8-10-24(11-9-23)21-22-13-19(31-21)33(28,29)15(3)4/h6-7,12-15H,8-11H2,1-5H3. The van der Waals surface area contributed by atoms with Gasteiger partial charge in [0.25, 0.3) is 5.91 Å². The summed E-state index contributed by atoms with van der Waals surface area (Å²) in [4.78, 5) is 21.2. The van der Waals surface area contributed by atoms with Gasteiger partial charge in [0, 0.05) is 32.4 Å². The summed E-state index contributed by atoms with van der Waals surface area (Å²) in [6.07, 6.45) is 2.30. The van der Waals surface area contributed by atoms with Crippen LogP contribution in [0.4, 0.5) is 5.13 Å². The van der Waals surface area contributed by atoms with Crippen LogP contribution in [0.2, 0.25) is 0 Å². The van der Waals surface area contributed by atoms with Crippen molar-refractivity contribution in [3.05, 3.63) is 30.0 Å². The third-order valence-corrected chi connectivity index (χ3v) is 10.0. The first-order valence-corrected chi connectivity index (χ1v) is 14.8. The highest BCUT2D eigenvalue weighted by Crippen LogP contribution is 2.30. The molecular weight excluding hydrogens is 486 g/mol. The Kier molecular flexibility index (Phi) is 7.39. The van der Waals surface area contributed by atoms with Crippen molar-refractivity contribution in [3.8, 4) is 5.75 Å². The number of carbonyl (C=O) groups excluding carboxylic acids is 1. The quantitative estimate of drug-likeness (QED) is 0.553. The van der Waals surface area contributed by atoms with Crippen molar-refractivity contribution in [1.29, 1.82) is 0 Å². The lowest BCUT2D eigenvalue weighted by molar-refractivity contribution is 0.0740. The summed E-state index contributed by atoms with van der Waals surface area (Å²) in [5.74, 6) is 0.0336. The highest BCUT2D eigenvalue weighted by Gasteiger charge is 2.28. The van der Waals surface area contributed by atoms with Gasteiger partial charge in [0.05, 0.1) is 28.0 Å². The molecule has 1 aliphatic heterocycles. The Balaban J connectivity index is 1.77. The van der Waals surface area contributed by atoms with Crippen molar-refractivity contribution in [3.63, 3.8) is 0 Å². The number of benzene rings is 1. The molecule has 1 aromatic heterocycles. The fraction of sp³-hybridized carbons (Fsp3) is 0.524. The number of anilines is 1. The topological polar surface area (TPSA) is 114 Å². The zero-order valence-electron chi connectivity index (χ0n) is 19.3. The number of aromatic nitrogens is 1. The molecule has 0 aliphatic carbocycles. The van der Waals surface area contributed by atoms with E-state index in [1.54, 1.807) is 18.7 Å². The predicted molar refractivity (Wildman–Crippen MR) is 128 cm³/mol. The summed E-state index contributed by atoms with van der Waals surface area (Å²) < 4.78 is 54.8. The Morgan fingerprint density at radius 3 is 2.24 bits per heavy atom. The van der Waals surface area contributed by atoms with Crippen molar-refractivity contribution in [1.82, 2.24) is 9.88 Å². The highest BCUT2D eigenvalue weighted by molar-refractivity contribution is 7.94. The molecule has 0 N–H and O–H groups in total. The lowest BCUT2D eigenvalue weighted by Gasteiger charge is -2.35. The van der Waals surface area contributed by atoms with E-state index in [9.17, 15) is 21.6 Å². The second-order valence-corrected chi connectivity index (χ2v) is 14.2. The summed E-state index contributed by atoms with van der Waals surface area (Å²) in [7, 11) is -6.87. The van der Waals surface area contributed by atoms with Crippen LogP contribution < -0.4 is 9.64 Å². The van der Waals surface area contributed by atoms with Crippen molar-refractivity contribution >= 4 is 42.1 Å². The molecule has 0 bridgehead atoms. The van der Waals surface area contributed by atoms with Gasteiger partial charge in [-0.1, -0.05) is 11.3 Å². The molecule has 1 amide bonds. The van der Waals surface area contributed by atoms with Gasteiger partial charge in [-0.15, -0.1) is 0 Å². The van der Waals surface area contributed by atoms with Gasteiger partial charge in [-0.05, 0) is 45.9 Å². The molecule has 1 aromatic carbocycles. The molecule has 0 unspecified atom stereocenters. The van der Waals surface area contributed by atoms with Crippen LogP contribution >= 0.6 is 11.3 Å². The zero-order chi connectivity index (χ0) is 24.6. The van der Waals surface area contributed by atoms with Crippen LogP contribution in [-0.4, -0.2) is 76.4 Å². The van der Waals surface area contributed by atoms with Crippen LogP contribution in [0.15, 0.2) is 33.5 Å². The third kappa shape index (κ3) is 5.67. The number of ether oxygens (including phenoxy) is 1. The number of hydrogen-bond acceptors (Lipinski definition) is 9. The van der Waals surface area contributed by atoms with Gasteiger partial charge in [-0.25, -0.2) is 21.8 Å². The smallest absolute Gasteiger partial charge is 0.257 e. The van der Waals surface area contributed by atoms with E-state index in [2.05, 4.69) is 4.98 Å². The molecular formula is C21H29N3O6S3. The first kappa shape index (κ1) is 25.4. The van der Waals surface area contributed by atoms with E-state index < -0.39 is 24.9 Å². The molecule has 2 heterocycles. The average Bonchev–Trinajstić information content (AvgIpc) is 3.23. The minimum Gasteiger partial charge on any atom is -0.490 e. The molecule has 9 nitrogen and oxygen atoms in total. The largest absolute Gasteiger partial charge is 0.490 e. The van der Waals surface area contributed by atoms with Crippen molar-refractivity contribution in [2.75, 3.05) is 37.3 Å². The number of carbonyl (C=O) groups is 1. The predicted octanol–water partition coefficient (Wildman–Crippen LogP) is 2.48. The number of sulfone groups is 2. The number of amides is 1. The van der Waals surface area contributed by atoms with Crippen LogP contribution in [-0.2, 0) is 19.7 Å². The van der Waals surface area contributed by atoms with Gasteiger partial charge < -0.3 is 14.5 Å². The Morgan fingerprint density at radius 2 is 1.70 bits per heavy atom. The summed E-state index contributed by atoms with van der Waals surface area (Å²) >= 11 is 1.13. The fourth-order valence-electron chi connectivity index (χ4n) is 3.30. The van der Waals surface area contributed by atoms with E-state index in [-0.39, 0.29) is 26.7 Å². The van der Waals surface area contributed by atoms with Crippen LogP contribution in [0, 0.1) is 0 Å². The molecule has 0 atom stereocenters. The lowest BCUT2D eigenvalue weighted by atomic mass is 10.1. The van der Waals surface area contributed by atoms with E-state index in [1.165, 1.54) is 24.4 Å². The van der Waals surface area contributed by atoms with Crippen LogP contribution in [0.3, 0.4) is 0 Å². The van der Waals surface area contributed by atoms with E-state index in [0.29, 0.717) is 37.1 Å². The second kappa shape index (κ2) is 9.59. The average molecular weight is 516 g/mol. The Morgan fingerprint density at radius 1 is 1.06 bits per heavy atom. The summed E-state index contributed by atoms with van der Waals surface area (Å²) in [6.45, 7) is 8.66. The molecule has 12 heteroatoms. The molecule has 1 saturated heterocycles. The SMILES string of the molecule is CC(C)Oc1ccc(S(C)(=O)=O)cc1C(=O)N1CCN(c2ncc(S(=O)(=O)C(C)C)s2)CC1. The maximum absolute atomic E-state index is 13.3. The Hall–Kier alpha value is -2.18. The zero-order valence-corrected chi connectivity index (χ0v) is 21.8. The monoisotopic (exact) mass is 515 g/mol. The van der Waals surface area contributed by atoms with Crippen molar-refractivity contribution in [2.24, 2.45) is 0 Å². The van der Waals surface area contributed by atoms with Crippen molar-refractivity contribution < 1.29 is 26.4 Å². The molecule has 33 heavy (non-hydrogen) atoms. The summed E-state index contributed by atoms with van der Waals surface area (Å²) in [5.41, 5.74) is 0.208. The van der Waals surface area contributed by atoms with Gasteiger partial charge >= 0.3 is 0 Å². The van der Waals surface area contributed by atoms with Crippen LogP contribution in [0.5, 0.6) is 5.75 Å². The van der Waals surface area contributed by atoms with Gasteiger partial charge in [0.2, 0.25) is 0 Å². The lowest BCUT2D eigenvalue weighted by Crippen LogP contribution is -2.48. The number of nitrogens with zero attached hydrogens (tertiary/aromatic N) is 3. The molecule has 0 spiro atoms. The molecule has 0 saturated carbocycles. The van der Waals surface area contributed by atoms with Gasteiger partial charge in [0.15, 0.2) is 24.8 Å². The minimum atomic E-state index is -3.49. The number of rotatable bonds is 7. The number of piperazine rings is 1. The molecule has 182 valence electrons. The molecule has 0 radical (unpaired) electrons. The van der Waals surface area contributed by atoms with Gasteiger partial charge in [-0.2, -0.15) is 0 Å². The third-order valence-electron chi connectivity index (χ3n) is 5.18. The fourth-order valence-corrected chi connectivity index (χ4v) is 6.57. The second-order valence-electron chi connectivity index (χ2n) is 8.43. The van der Waals surface area contributed by atoms with Gasteiger partial charge in [0.1, 0.15) is 9.96 Å².